The van der Waals surface area contributed by atoms with Crippen molar-refractivity contribution in [2.45, 2.75) is 31.8 Å². The van der Waals surface area contributed by atoms with Gasteiger partial charge in [-0.15, -0.1) is 0 Å². The molecule has 0 unspecified atom stereocenters. The Morgan fingerprint density at radius 2 is 1.64 bits per heavy atom. The van der Waals surface area contributed by atoms with Crippen LogP contribution in [0.25, 0.3) is 0 Å². The van der Waals surface area contributed by atoms with Crippen LogP contribution in [0.15, 0.2) is 42.5 Å². The van der Waals surface area contributed by atoms with Crippen molar-refractivity contribution in [3.8, 4) is 0 Å². The molecule has 0 aromatic heterocycles. The first-order valence-electron chi connectivity index (χ1n) is 7.29. The van der Waals surface area contributed by atoms with E-state index in [0.29, 0.717) is 5.56 Å². The maximum Gasteiger partial charge on any atom is 0.331 e. The summed E-state index contributed by atoms with van der Waals surface area (Å²) in [5.74, 6) is -1.60. The Morgan fingerprint density at radius 3 is 2.32 bits per heavy atom. The van der Waals surface area contributed by atoms with Crippen LogP contribution in [0.2, 0.25) is 0 Å². The molecule has 0 spiro atoms. The fraction of sp³-hybridized carbons (Fsp3) is 0.353. The first-order chi connectivity index (χ1) is 10.6. The quantitative estimate of drug-likeness (QED) is 0.458. The number of rotatable bonds is 6. The molecule has 1 saturated carbocycles. The number of hydrogen-bond donors (Lipinski definition) is 0. The molecule has 22 heavy (non-hydrogen) atoms. The summed E-state index contributed by atoms with van der Waals surface area (Å²) in [5, 5.41) is 0. The second-order valence-corrected chi connectivity index (χ2v) is 5.07. The molecule has 0 atom stereocenters. The molecule has 5 nitrogen and oxygen atoms in total. The van der Waals surface area contributed by atoms with E-state index >= 15 is 0 Å². The summed E-state index contributed by atoms with van der Waals surface area (Å²) < 4.78 is 9.95. The van der Waals surface area contributed by atoms with E-state index in [9.17, 15) is 14.4 Å². The van der Waals surface area contributed by atoms with Gasteiger partial charge in [-0.1, -0.05) is 30.3 Å². The lowest BCUT2D eigenvalue weighted by molar-refractivity contribution is -0.143. The van der Waals surface area contributed by atoms with Crippen LogP contribution >= 0.6 is 0 Å². The Morgan fingerprint density at radius 1 is 1.00 bits per heavy atom. The summed E-state index contributed by atoms with van der Waals surface area (Å²) in [5.41, 5.74) is 0.472. The van der Waals surface area contributed by atoms with E-state index in [4.69, 9.17) is 9.47 Å². The predicted molar refractivity (Wildman–Crippen MR) is 79.2 cm³/mol. The van der Waals surface area contributed by atoms with Crippen molar-refractivity contribution in [1.29, 1.82) is 0 Å². The van der Waals surface area contributed by atoms with Crippen molar-refractivity contribution in [3.63, 3.8) is 0 Å². The topological polar surface area (TPSA) is 69.7 Å². The number of carbonyl (C=O) groups is 3. The Bertz CT molecular complexity index is 556. The Hall–Kier alpha value is -2.43. The van der Waals surface area contributed by atoms with Gasteiger partial charge in [-0.25, -0.2) is 9.59 Å². The molecular formula is C17H18O5. The van der Waals surface area contributed by atoms with E-state index in [1.54, 1.807) is 30.3 Å². The van der Waals surface area contributed by atoms with Crippen molar-refractivity contribution < 1.29 is 23.9 Å². The molecule has 1 aromatic rings. The average molecular weight is 302 g/mol. The molecule has 5 heteroatoms. The average Bonchev–Trinajstić information content (AvgIpc) is 3.04. The van der Waals surface area contributed by atoms with Crippen LogP contribution in [-0.4, -0.2) is 30.4 Å². The summed E-state index contributed by atoms with van der Waals surface area (Å²) in [4.78, 5) is 34.7. The SMILES string of the molecule is O=C(/C=C/C(=O)OC1CCCC1)OCC(=O)c1ccccc1. The third-order valence-corrected chi connectivity index (χ3v) is 3.38. The molecule has 1 aliphatic carbocycles. The number of ether oxygens (including phenoxy) is 2. The molecule has 0 amide bonds. The molecule has 1 aliphatic rings. The highest BCUT2D eigenvalue weighted by Gasteiger charge is 2.18. The lowest BCUT2D eigenvalue weighted by Gasteiger charge is -2.08. The predicted octanol–water partition coefficient (Wildman–Crippen LogP) is 2.45. The minimum Gasteiger partial charge on any atom is -0.459 e. The second kappa shape index (κ2) is 8.12. The minimum atomic E-state index is -0.743. The Labute approximate surface area is 128 Å². The van der Waals surface area contributed by atoms with Crippen molar-refractivity contribution in [2.24, 2.45) is 0 Å². The molecule has 0 N–H and O–H groups in total. The standard InChI is InChI=1S/C17H18O5/c18-15(13-6-2-1-3-7-13)12-21-16(19)10-11-17(20)22-14-8-4-5-9-14/h1-3,6-7,10-11,14H,4-5,8-9,12H2/b11-10+. The lowest BCUT2D eigenvalue weighted by atomic mass is 10.1. The second-order valence-electron chi connectivity index (χ2n) is 5.07. The first-order valence-corrected chi connectivity index (χ1v) is 7.29. The van der Waals surface area contributed by atoms with Crippen molar-refractivity contribution in [2.75, 3.05) is 6.61 Å². The van der Waals surface area contributed by atoms with Crippen molar-refractivity contribution in [3.05, 3.63) is 48.0 Å². The number of Topliss-reactive ketones (excluding diaryl/α,β-unsaturated/α-hetero) is 1. The lowest BCUT2D eigenvalue weighted by Crippen LogP contribution is -2.14. The fourth-order valence-electron chi connectivity index (χ4n) is 2.24. The van der Waals surface area contributed by atoms with Gasteiger partial charge < -0.3 is 9.47 Å². The number of carbonyl (C=O) groups excluding carboxylic acids is 3. The van der Waals surface area contributed by atoms with Gasteiger partial charge in [0.05, 0.1) is 0 Å². The number of esters is 2. The van der Waals surface area contributed by atoms with Crippen LogP contribution in [0.1, 0.15) is 36.0 Å². The van der Waals surface area contributed by atoms with Gasteiger partial charge in [-0.2, -0.15) is 0 Å². The van der Waals surface area contributed by atoms with Gasteiger partial charge >= 0.3 is 11.9 Å². The first kappa shape index (κ1) is 15.9. The highest BCUT2D eigenvalue weighted by molar-refractivity contribution is 5.99. The summed E-state index contributed by atoms with van der Waals surface area (Å²) in [6.07, 6.45) is 5.83. The zero-order valence-electron chi connectivity index (χ0n) is 12.2. The maximum atomic E-state index is 11.7. The van der Waals surface area contributed by atoms with Gasteiger partial charge in [-0.3, -0.25) is 4.79 Å². The highest BCUT2D eigenvalue weighted by Crippen LogP contribution is 2.20. The normalized spacial score (nSPS) is 14.9. The van der Waals surface area contributed by atoms with E-state index in [1.165, 1.54) is 0 Å². The van der Waals surface area contributed by atoms with Gasteiger partial charge in [0.25, 0.3) is 0 Å². The summed E-state index contributed by atoms with van der Waals surface area (Å²) >= 11 is 0. The van der Waals surface area contributed by atoms with Crippen molar-refractivity contribution in [1.82, 2.24) is 0 Å². The van der Waals surface area contributed by atoms with Crippen molar-refractivity contribution >= 4 is 17.7 Å². The zero-order valence-corrected chi connectivity index (χ0v) is 12.2. The third kappa shape index (κ3) is 5.16. The molecule has 0 heterocycles. The number of ketones is 1. The molecule has 0 aliphatic heterocycles. The molecule has 1 fully saturated rings. The molecular weight excluding hydrogens is 284 g/mol. The number of hydrogen-bond acceptors (Lipinski definition) is 5. The van der Waals surface area contributed by atoms with Crippen LogP contribution in [-0.2, 0) is 19.1 Å². The van der Waals surface area contributed by atoms with Crippen LogP contribution in [0.5, 0.6) is 0 Å². The molecule has 116 valence electrons. The van der Waals surface area contributed by atoms with Gasteiger partial charge in [0, 0.05) is 17.7 Å². The fourth-order valence-corrected chi connectivity index (χ4v) is 2.24. The third-order valence-electron chi connectivity index (χ3n) is 3.38. The monoisotopic (exact) mass is 302 g/mol. The van der Waals surface area contributed by atoms with E-state index in [1.807, 2.05) is 0 Å². The van der Waals surface area contributed by atoms with Gasteiger partial charge in [-0.05, 0) is 25.7 Å². The van der Waals surface area contributed by atoms with Gasteiger partial charge in [0.2, 0.25) is 0 Å². The van der Waals surface area contributed by atoms with Gasteiger partial charge in [0.15, 0.2) is 12.4 Å². The van der Waals surface area contributed by atoms with Crippen LogP contribution in [0.3, 0.4) is 0 Å². The molecule has 2 rings (SSSR count). The van der Waals surface area contributed by atoms with E-state index in [2.05, 4.69) is 0 Å². The Kier molecular flexibility index (Phi) is 5.89. The summed E-state index contributed by atoms with van der Waals surface area (Å²) in [7, 11) is 0. The minimum absolute atomic E-state index is 0.0483. The largest absolute Gasteiger partial charge is 0.459 e. The molecule has 0 bridgehead atoms. The highest BCUT2D eigenvalue weighted by atomic mass is 16.5. The van der Waals surface area contributed by atoms with Gasteiger partial charge in [0.1, 0.15) is 6.10 Å². The van der Waals surface area contributed by atoms with Crippen LogP contribution in [0.4, 0.5) is 0 Å². The zero-order chi connectivity index (χ0) is 15.8. The summed E-state index contributed by atoms with van der Waals surface area (Å²) in [6, 6.07) is 8.54. The van der Waals surface area contributed by atoms with E-state index in [-0.39, 0.29) is 18.5 Å². The maximum absolute atomic E-state index is 11.7. The smallest absolute Gasteiger partial charge is 0.331 e. The van der Waals surface area contributed by atoms with Crippen LogP contribution < -0.4 is 0 Å². The van der Waals surface area contributed by atoms with Crippen LogP contribution in [0, 0.1) is 0 Å². The molecule has 0 saturated heterocycles. The van der Waals surface area contributed by atoms with E-state index in [0.717, 1.165) is 37.8 Å². The molecule has 0 radical (unpaired) electrons. The Balaban J connectivity index is 1.71. The van der Waals surface area contributed by atoms with E-state index < -0.39 is 11.9 Å². The molecule has 1 aromatic carbocycles. The number of benzene rings is 1. The summed E-state index contributed by atoms with van der Waals surface area (Å²) in [6.45, 7) is -0.356.